The van der Waals surface area contributed by atoms with Crippen molar-refractivity contribution in [2.45, 2.75) is 20.3 Å². The number of aromatic nitrogens is 1. The summed E-state index contributed by atoms with van der Waals surface area (Å²) in [5, 5.41) is 2.26. The molecule has 0 spiro atoms. The highest BCUT2D eigenvalue weighted by Crippen LogP contribution is 2.31. The van der Waals surface area contributed by atoms with Gasteiger partial charge in [-0.1, -0.05) is 50.3 Å². The molecule has 1 aliphatic carbocycles. The number of hydrogen-bond donors (Lipinski definition) is 0. The third-order valence-electron chi connectivity index (χ3n) is 2.97. The van der Waals surface area contributed by atoms with Gasteiger partial charge in [-0.15, -0.1) is 0 Å². The van der Waals surface area contributed by atoms with Crippen LogP contribution < -0.4 is 4.74 Å². The van der Waals surface area contributed by atoms with Crippen LogP contribution in [-0.2, 0) is 0 Å². The Morgan fingerprint density at radius 3 is 2.42 bits per heavy atom. The smallest absolute Gasteiger partial charge is 0.221 e. The van der Waals surface area contributed by atoms with Crippen LogP contribution in [-0.4, -0.2) is 12.1 Å². The van der Waals surface area contributed by atoms with E-state index in [1.807, 2.05) is 32.0 Å². The lowest BCUT2D eigenvalue weighted by atomic mass is 10.0. The molecule has 1 aromatic heterocycles. The van der Waals surface area contributed by atoms with Crippen LogP contribution in [0.4, 0.5) is 0 Å². The van der Waals surface area contributed by atoms with Crippen molar-refractivity contribution >= 4 is 22.9 Å². The molecule has 0 atom stereocenters. The number of pyridine rings is 1. The third kappa shape index (κ3) is 2.53. The Morgan fingerprint density at radius 2 is 1.68 bits per heavy atom. The molecule has 0 radical (unpaired) electrons. The molecule has 0 unspecified atom stereocenters. The van der Waals surface area contributed by atoms with Crippen LogP contribution in [0.2, 0.25) is 0 Å². The molecule has 19 heavy (non-hydrogen) atoms. The lowest BCUT2D eigenvalue weighted by Gasteiger charge is -2.09. The largest absolute Gasteiger partial charge is 0.481 e. The van der Waals surface area contributed by atoms with Gasteiger partial charge in [-0.3, -0.25) is 0 Å². The van der Waals surface area contributed by atoms with Gasteiger partial charge in [0.15, 0.2) is 0 Å². The Morgan fingerprint density at radius 1 is 1.00 bits per heavy atom. The van der Waals surface area contributed by atoms with Gasteiger partial charge in [0.25, 0.3) is 0 Å². The molecule has 98 valence electrons. The molecule has 2 nitrogen and oxygen atoms in total. The van der Waals surface area contributed by atoms with E-state index in [0.717, 1.165) is 17.5 Å². The summed E-state index contributed by atoms with van der Waals surface area (Å²) in [4.78, 5) is 4.56. The van der Waals surface area contributed by atoms with Crippen LogP contribution in [0, 0.1) is 0 Å². The Kier molecular flexibility index (Phi) is 4.35. The molecule has 2 aromatic rings. The normalized spacial score (nSPS) is 12.4. The summed E-state index contributed by atoms with van der Waals surface area (Å²) in [7, 11) is 1.66. The second-order valence-electron chi connectivity index (χ2n) is 4.01. The van der Waals surface area contributed by atoms with Crippen molar-refractivity contribution in [2.75, 3.05) is 7.11 Å². The number of rotatable bonds is 1. The average molecular weight is 253 g/mol. The Balaban J connectivity index is 0.000000637. The minimum absolute atomic E-state index is 0.694. The van der Waals surface area contributed by atoms with Gasteiger partial charge in [0.2, 0.25) is 5.88 Å². The second-order valence-corrected chi connectivity index (χ2v) is 4.01. The van der Waals surface area contributed by atoms with E-state index in [4.69, 9.17) is 4.74 Å². The summed E-state index contributed by atoms with van der Waals surface area (Å²) < 4.78 is 5.37. The third-order valence-corrected chi connectivity index (χ3v) is 2.97. The topological polar surface area (TPSA) is 22.1 Å². The molecule has 1 aromatic carbocycles. The van der Waals surface area contributed by atoms with E-state index in [1.54, 1.807) is 7.11 Å². The first-order valence-corrected chi connectivity index (χ1v) is 6.70. The van der Waals surface area contributed by atoms with E-state index < -0.39 is 0 Å². The summed E-state index contributed by atoms with van der Waals surface area (Å²) in [6.07, 6.45) is 9.42. The first kappa shape index (κ1) is 13.3. The second kappa shape index (κ2) is 6.19. The molecule has 3 rings (SSSR count). The van der Waals surface area contributed by atoms with Crippen LogP contribution in [0.5, 0.6) is 5.88 Å². The van der Waals surface area contributed by atoms with E-state index in [2.05, 4.69) is 35.4 Å². The van der Waals surface area contributed by atoms with Crippen LogP contribution in [0.15, 0.2) is 36.4 Å². The highest BCUT2D eigenvalue weighted by Gasteiger charge is 2.11. The Bertz CT molecular complexity index is 626. The fourth-order valence-electron chi connectivity index (χ4n) is 2.17. The summed E-state index contributed by atoms with van der Waals surface area (Å²) in [6, 6.07) is 8.21. The van der Waals surface area contributed by atoms with Crippen LogP contribution in [0.1, 0.15) is 31.5 Å². The van der Waals surface area contributed by atoms with Crippen LogP contribution in [0.25, 0.3) is 22.9 Å². The van der Waals surface area contributed by atoms with E-state index >= 15 is 0 Å². The maximum Gasteiger partial charge on any atom is 0.221 e. The molecular formula is C17H19NO. The van der Waals surface area contributed by atoms with E-state index in [0.29, 0.717) is 5.88 Å². The highest BCUT2D eigenvalue weighted by atomic mass is 16.5. The van der Waals surface area contributed by atoms with Gasteiger partial charge in [-0.2, -0.15) is 0 Å². The van der Waals surface area contributed by atoms with Gasteiger partial charge in [0, 0.05) is 10.9 Å². The Labute approximate surface area is 114 Å². The monoisotopic (exact) mass is 253 g/mol. The average Bonchev–Trinajstić information content (AvgIpc) is 2.73. The van der Waals surface area contributed by atoms with Gasteiger partial charge in [0.1, 0.15) is 0 Å². The standard InChI is InChI=1S/C15H13NO.C2H6/c1-17-15-13-9-6-5-7-11(13)12-8-3-2-4-10-14(12)16-15;1-2/h3-10H,2H2,1H3;1-2H3. The zero-order chi connectivity index (χ0) is 13.7. The molecule has 1 heterocycles. The van der Waals surface area contributed by atoms with Gasteiger partial charge in [0.05, 0.1) is 12.8 Å². The molecule has 0 saturated heterocycles. The fraction of sp³-hybridized carbons (Fsp3) is 0.235. The van der Waals surface area contributed by atoms with Crippen molar-refractivity contribution < 1.29 is 4.74 Å². The van der Waals surface area contributed by atoms with Crippen molar-refractivity contribution in [2.24, 2.45) is 0 Å². The number of methoxy groups -OCH3 is 1. The lowest BCUT2D eigenvalue weighted by molar-refractivity contribution is 0.403. The van der Waals surface area contributed by atoms with E-state index in [-0.39, 0.29) is 0 Å². The SMILES string of the molecule is CC.COc1nc2c(c3ccccc13)C=CCC=C2. The molecule has 1 aliphatic rings. The zero-order valence-electron chi connectivity index (χ0n) is 11.7. The van der Waals surface area contributed by atoms with Gasteiger partial charge in [-0.05, 0) is 23.9 Å². The predicted octanol–water partition coefficient (Wildman–Crippen LogP) is 4.70. The van der Waals surface area contributed by atoms with Gasteiger partial charge in [-0.25, -0.2) is 4.98 Å². The molecule has 0 amide bonds. The molecule has 2 heteroatoms. The summed E-state index contributed by atoms with van der Waals surface area (Å²) in [6.45, 7) is 4.00. The summed E-state index contributed by atoms with van der Waals surface area (Å²) in [5.74, 6) is 0.694. The number of ether oxygens (including phenoxy) is 1. The lowest BCUT2D eigenvalue weighted by Crippen LogP contribution is -1.95. The minimum atomic E-state index is 0.694. The van der Waals surface area contributed by atoms with Crippen LogP contribution in [0.3, 0.4) is 0 Å². The number of nitrogens with zero attached hydrogens (tertiary/aromatic N) is 1. The fourth-order valence-corrected chi connectivity index (χ4v) is 2.17. The zero-order valence-corrected chi connectivity index (χ0v) is 11.7. The predicted molar refractivity (Wildman–Crippen MR) is 82.3 cm³/mol. The highest BCUT2D eigenvalue weighted by molar-refractivity contribution is 5.96. The number of benzene rings is 1. The molecule has 0 fully saturated rings. The van der Waals surface area contributed by atoms with Gasteiger partial charge < -0.3 is 4.74 Å². The first-order valence-electron chi connectivity index (χ1n) is 6.70. The molecule has 0 N–H and O–H groups in total. The van der Waals surface area contributed by atoms with Crippen molar-refractivity contribution in [3.8, 4) is 5.88 Å². The maximum absolute atomic E-state index is 5.37. The Hall–Kier alpha value is -2.09. The van der Waals surface area contributed by atoms with E-state index in [9.17, 15) is 0 Å². The number of allylic oxidation sites excluding steroid dienone is 2. The van der Waals surface area contributed by atoms with Crippen molar-refractivity contribution in [1.29, 1.82) is 0 Å². The van der Waals surface area contributed by atoms with Gasteiger partial charge >= 0.3 is 0 Å². The van der Waals surface area contributed by atoms with Crippen molar-refractivity contribution in [3.63, 3.8) is 0 Å². The quantitative estimate of drug-likeness (QED) is 0.735. The van der Waals surface area contributed by atoms with Crippen molar-refractivity contribution in [3.05, 3.63) is 47.7 Å². The number of fused-ring (bicyclic) bond motifs is 3. The van der Waals surface area contributed by atoms with Crippen LogP contribution >= 0.6 is 0 Å². The summed E-state index contributed by atoms with van der Waals surface area (Å²) >= 11 is 0. The summed E-state index contributed by atoms with van der Waals surface area (Å²) in [5.41, 5.74) is 2.16. The molecule has 0 aliphatic heterocycles. The number of hydrogen-bond acceptors (Lipinski definition) is 2. The van der Waals surface area contributed by atoms with E-state index in [1.165, 1.54) is 10.9 Å². The minimum Gasteiger partial charge on any atom is -0.481 e. The molecule has 0 bridgehead atoms. The first-order chi connectivity index (χ1) is 9.40. The molecular weight excluding hydrogens is 234 g/mol. The van der Waals surface area contributed by atoms with Crippen molar-refractivity contribution in [1.82, 2.24) is 4.98 Å². The molecule has 0 saturated carbocycles. The maximum atomic E-state index is 5.37.